The van der Waals surface area contributed by atoms with Gasteiger partial charge in [-0.2, -0.15) is 0 Å². The number of aromatic nitrogens is 1. The minimum absolute atomic E-state index is 0.0124. The lowest BCUT2D eigenvalue weighted by molar-refractivity contribution is -0.122. The van der Waals surface area contributed by atoms with Crippen LogP contribution in [0.5, 0.6) is 5.75 Å². The van der Waals surface area contributed by atoms with Gasteiger partial charge in [-0.1, -0.05) is 54.6 Å². The maximum absolute atomic E-state index is 13.1. The highest BCUT2D eigenvalue weighted by Crippen LogP contribution is 2.31. The molecule has 2 atom stereocenters. The molecule has 182 valence electrons. The summed E-state index contributed by atoms with van der Waals surface area (Å²) in [6.07, 6.45) is 3.53. The highest BCUT2D eigenvalue weighted by Gasteiger charge is 2.27. The van der Waals surface area contributed by atoms with Crippen LogP contribution < -0.4 is 10.1 Å². The number of hydrogen-bond acceptors (Lipinski definition) is 6. The van der Waals surface area contributed by atoms with Crippen LogP contribution in [0.3, 0.4) is 0 Å². The number of carbonyl (C=O) groups excluding carboxylic acids is 1. The van der Waals surface area contributed by atoms with Crippen molar-refractivity contribution in [3.05, 3.63) is 95.8 Å². The minimum Gasteiger partial charge on any atom is -0.484 e. The molecule has 2 aromatic carbocycles. The van der Waals surface area contributed by atoms with Crippen molar-refractivity contribution in [3.8, 4) is 5.75 Å². The summed E-state index contributed by atoms with van der Waals surface area (Å²) in [7, 11) is 0. The van der Waals surface area contributed by atoms with Crippen LogP contribution >= 0.6 is 0 Å². The van der Waals surface area contributed by atoms with Gasteiger partial charge in [0.15, 0.2) is 0 Å². The van der Waals surface area contributed by atoms with Gasteiger partial charge >= 0.3 is 0 Å². The number of rotatable bonds is 7. The molecule has 1 fully saturated rings. The molecule has 2 aliphatic heterocycles. The number of fused-ring (bicyclic) bond motifs is 1. The number of amides is 1. The molecule has 3 aromatic rings. The number of para-hydroxylation sites is 1. The van der Waals surface area contributed by atoms with Crippen LogP contribution in [0.15, 0.2) is 79.1 Å². The monoisotopic (exact) mass is 472 g/mol. The second kappa shape index (κ2) is 11.4. The molecule has 35 heavy (non-hydrogen) atoms. The van der Waals surface area contributed by atoms with Gasteiger partial charge in [-0.25, -0.2) is 0 Å². The van der Waals surface area contributed by atoms with Crippen molar-refractivity contribution in [3.63, 3.8) is 0 Å². The molecule has 7 heteroatoms. The van der Waals surface area contributed by atoms with Gasteiger partial charge in [0, 0.05) is 50.7 Å². The first-order valence-electron chi connectivity index (χ1n) is 12.3. The lowest BCUT2D eigenvalue weighted by Gasteiger charge is -2.35. The summed E-state index contributed by atoms with van der Waals surface area (Å²) in [6, 6.07) is 22.4. The Balaban J connectivity index is 1.27. The van der Waals surface area contributed by atoms with E-state index in [9.17, 15) is 4.79 Å². The van der Waals surface area contributed by atoms with Gasteiger partial charge in [0.05, 0.1) is 25.8 Å². The Morgan fingerprint density at radius 2 is 1.83 bits per heavy atom. The molecule has 0 unspecified atom stereocenters. The second-order valence-corrected chi connectivity index (χ2v) is 9.05. The van der Waals surface area contributed by atoms with E-state index in [-0.39, 0.29) is 18.1 Å². The van der Waals surface area contributed by atoms with Gasteiger partial charge in [0.2, 0.25) is 5.91 Å². The van der Waals surface area contributed by atoms with Crippen LogP contribution in [0, 0.1) is 0 Å². The number of morpholine rings is 1. The Bertz CT molecular complexity index is 1090. The Morgan fingerprint density at radius 1 is 1.03 bits per heavy atom. The Hall–Kier alpha value is -3.26. The van der Waals surface area contributed by atoms with Crippen LogP contribution in [0.2, 0.25) is 0 Å². The molecule has 0 aliphatic carbocycles. The van der Waals surface area contributed by atoms with Crippen molar-refractivity contribution in [1.82, 2.24) is 20.1 Å². The molecule has 5 rings (SSSR count). The van der Waals surface area contributed by atoms with Crippen LogP contribution in [0.1, 0.15) is 28.8 Å². The van der Waals surface area contributed by atoms with Crippen molar-refractivity contribution in [2.24, 2.45) is 0 Å². The molecule has 1 saturated heterocycles. The molecular formula is C28H32N4O3. The molecule has 1 N–H and O–H groups in total. The smallest absolute Gasteiger partial charge is 0.234 e. The Kier molecular flexibility index (Phi) is 7.68. The van der Waals surface area contributed by atoms with E-state index in [0.717, 1.165) is 35.5 Å². The Labute approximate surface area is 206 Å². The average Bonchev–Trinajstić information content (AvgIpc) is 3.09. The van der Waals surface area contributed by atoms with Gasteiger partial charge in [-0.15, -0.1) is 0 Å². The number of hydrogen-bond donors (Lipinski definition) is 1. The third-order valence-corrected chi connectivity index (χ3v) is 6.65. The number of nitrogens with zero attached hydrogens (tertiary/aromatic N) is 3. The number of pyridine rings is 1. The van der Waals surface area contributed by atoms with Crippen molar-refractivity contribution >= 4 is 5.91 Å². The van der Waals surface area contributed by atoms with E-state index in [1.165, 1.54) is 0 Å². The molecule has 1 aromatic heterocycles. The highest BCUT2D eigenvalue weighted by atomic mass is 16.5. The largest absolute Gasteiger partial charge is 0.484 e. The fourth-order valence-electron chi connectivity index (χ4n) is 4.83. The predicted octanol–water partition coefficient (Wildman–Crippen LogP) is 3.21. The Morgan fingerprint density at radius 3 is 2.63 bits per heavy atom. The lowest BCUT2D eigenvalue weighted by Crippen LogP contribution is -2.45. The fourth-order valence-corrected chi connectivity index (χ4v) is 4.83. The molecule has 3 heterocycles. The zero-order valence-electron chi connectivity index (χ0n) is 19.9. The van der Waals surface area contributed by atoms with E-state index in [1.54, 1.807) is 6.20 Å². The van der Waals surface area contributed by atoms with Crippen molar-refractivity contribution in [1.29, 1.82) is 0 Å². The van der Waals surface area contributed by atoms with E-state index in [4.69, 9.17) is 9.47 Å². The van der Waals surface area contributed by atoms with E-state index < -0.39 is 0 Å². The first kappa shape index (κ1) is 23.5. The van der Waals surface area contributed by atoms with Crippen LogP contribution in [-0.2, 0) is 16.1 Å². The maximum Gasteiger partial charge on any atom is 0.234 e. The van der Waals surface area contributed by atoms with Crippen molar-refractivity contribution in [2.75, 3.05) is 45.9 Å². The lowest BCUT2D eigenvalue weighted by atomic mass is 10.1. The van der Waals surface area contributed by atoms with Gasteiger partial charge in [0.25, 0.3) is 0 Å². The predicted molar refractivity (Wildman–Crippen MR) is 134 cm³/mol. The molecule has 1 amide bonds. The summed E-state index contributed by atoms with van der Waals surface area (Å²) in [6.45, 7) is 5.25. The van der Waals surface area contributed by atoms with Crippen LogP contribution in [0.4, 0.5) is 0 Å². The molecule has 0 saturated carbocycles. The summed E-state index contributed by atoms with van der Waals surface area (Å²) in [5.74, 6) is 0.895. The topological polar surface area (TPSA) is 66.9 Å². The first-order chi connectivity index (χ1) is 17.3. The SMILES string of the molecule is O=C(CN1Cc2ccccc2O[C@@H](c2ccccc2)C1)NC[C@@H](c1cccnc1)N1CCOCC1. The maximum atomic E-state index is 13.1. The summed E-state index contributed by atoms with van der Waals surface area (Å²) in [5, 5.41) is 3.19. The van der Waals surface area contributed by atoms with Crippen LogP contribution in [0.25, 0.3) is 0 Å². The minimum atomic E-state index is -0.135. The molecule has 2 aliphatic rings. The van der Waals surface area contributed by atoms with Gasteiger partial charge < -0.3 is 14.8 Å². The number of benzene rings is 2. The standard InChI is InChI=1S/C28H32N4O3/c33-28(30-18-25(23-10-6-12-29-17-23)32-13-15-34-16-14-32)21-31-19-24-9-4-5-11-26(24)35-27(20-31)22-7-2-1-3-8-22/h1-12,17,25,27H,13-16,18-21H2,(H,30,33)/t25-,27+/m0/s1. The van der Waals surface area contributed by atoms with Gasteiger partial charge in [0.1, 0.15) is 11.9 Å². The van der Waals surface area contributed by atoms with Gasteiger partial charge in [-0.3, -0.25) is 19.6 Å². The molecular weight excluding hydrogens is 440 g/mol. The summed E-state index contributed by atoms with van der Waals surface area (Å²) in [5.41, 5.74) is 3.31. The fraction of sp³-hybridized carbons (Fsp3) is 0.357. The zero-order valence-corrected chi connectivity index (χ0v) is 19.9. The quantitative estimate of drug-likeness (QED) is 0.570. The molecule has 0 bridgehead atoms. The summed E-state index contributed by atoms with van der Waals surface area (Å²) >= 11 is 0. The molecule has 0 spiro atoms. The van der Waals surface area contributed by atoms with Crippen molar-refractivity contribution < 1.29 is 14.3 Å². The van der Waals surface area contributed by atoms with E-state index in [1.807, 2.05) is 48.7 Å². The first-order valence-corrected chi connectivity index (χ1v) is 12.3. The molecule has 7 nitrogen and oxygen atoms in total. The second-order valence-electron chi connectivity index (χ2n) is 9.05. The number of carbonyl (C=O) groups is 1. The van der Waals surface area contributed by atoms with Crippen LogP contribution in [-0.4, -0.2) is 66.6 Å². The number of ether oxygens (including phenoxy) is 2. The average molecular weight is 473 g/mol. The van der Waals surface area contributed by atoms with Gasteiger partial charge in [-0.05, 0) is 23.3 Å². The van der Waals surface area contributed by atoms with E-state index in [0.29, 0.717) is 39.4 Å². The third-order valence-electron chi connectivity index (χ3n) is 6.65. The molecule has 0 radical (unpaired) electrons. The van der Waals surface area contributed by atoms with E-state index >= 15 is 0 Å². The summed E-state index contributed by atoms with van der Waals surface area (Å²) < 4.78 is 11.9. The normalized spacial score (nSPS) is 19.7. The highest BCUT2D eigenvalue weighted by molar-refractivity contribution is 5.78. The number of nitrogens with one attached hydrogen (secondary N) is 1. The summed E-state index contributed by atoms with van der Waals surface area (Å²) in [4.78, 5) is 22.0. The third kappa shape index (κ3) is 6.06. The van der Waals surface area contributed by atoms with E-state index in [2.05, 4.69) is 44.4 Å². The van der Waals surface area contributed by atoms with Crippen molar-refractivity contribution in [2.45, 2.75) is 18.7 Å². The zero-order chi connectivity index (χ0) is 23.9.